The zero-order chi connectivity index (χ0) is 11.8. The van der Waals surface area contributed by atoms with E-state index in [4.69, 9.17) is 5.73 Å². The van der Waals surface area contributed by atoms with Gasteiger partial charge in [0.05, 0.1) is 6.04 Å². The summed E-state index contributed by atoms with van der Waals surface area (Å²) in [7, 11) is 0. The summed E-state index contributed by atoms with van der Waals surface area (Å²) in [4.78, 5) is 21.6. The highest BCUT2D eigenvalue weighted by Gasteiger charge is 2.04. The predicted octanol–water partition coefficient (Wildman–Crippen LogP) is 0.262. The second-order valence-corrected chi connectivity index (χ2v) is 3.59. The molecule has 3 N–H and O–H groups in total. The lowest BCUT2D eigenvalue weighted by atomic mass is 10.1. The first-order valence-corrected chi connectivity index (χ1v) is 5.24. The van der Waals surface area contributed by atoms with Crippen molar-refractivity contribution in [2.75, 3.05) is 6.54 Å². The molecule has 0 aliphatic heterocycles. The van der Waals surface area contributed by atoms with Gasteiger partial charge in [-0.2, -0.15) is 0 Å². The Balaban J connectivity index is 2.23. The van der Waals surface area contributed by atoms with Gasteiger partial charge < -0.3 is 15.8 Å². The molecule has 86 valence electrons. The normalized spacial score (nSPS) is 11.8. The Bertz CT molecular complexity index is 338. The van der Waals surface area contributed by atoms with Gasteiger partial charge >= 0.3 is 0 Å². The van der Waals surface area contributed by atoms with Crippen LogP contribution in [0.5, 0.6) is 0 Å². The largest absolute Gasteiger partial charge is 0.354 e. The van der Waals surface area contributed by atoms with E-state index in [1.165, 1.54) is 0 Å². The Morgan fingerprint density at radius 2 is 2.06 bits per heavy atom. The maximum absolute atomic E-state index is 11.4. The maximum Gasteiger partial charge on any atom is 0.220 e. The van der Waals surface area contributed by atoms with Crippen molar-refractivity contribution < 1.29 is 9.59 Å². The van der Waals surface area contributed by atoms with Crippen LogP contribution in [0.2, 0.25) is 0 Å². The first-order chi connectivity index (χ1) is 7.72. The average molecular weight is 220 g/mol. The molecule has 1 amide bonds. The van der Waals surface area contributed by atoms with E-state index in [2.05, 4.69) is 5.32 Å². The molecule has 0 heterocycles. The quantitative estimate of drug-likeness (QED) is 0.675. The molecule has 0 spiro atoms. The first-order valence-electron chi connectivity index (χ1n) is 5.24. The van der Waals surface area contributed by atoms with E-state index in [9.17, 15) is 9.59 Å². The first kappa shape index (κ1) is 12.4. The zero-order valence-corrected chi connectivity index (χ0v) is 9.06. The van der Waals surface area contributed by atoms with Crippen LogP contribution in [0.15, 0.2) is 30.3 Å². The molecular formula is C12H16N2O2. The lowest BCUT2D eigenvalue weighted by Gasteiger charge is -2.06. The summed E-state index contributed by atoms with van der Waals surface area (Å²) in [5.41, 5.74) is 6.47. The van der Waals surface area contributed by atoms with E-state index >= 15 is 0 Å². The highest BCUT2D eigenvalue weighted by Crippen LogP contribution is 2.01. The monoisotopic (exact) mass is 220 g/mol. The van der Waals surface area contributed by atoms with Gasteiger partial charge in [0.1, 0.15) is 6.29 Å². The van der Waals surface area contributed by atoms with E-state index < -0.39 is 6.04 Å². The van der Waals surface area contributed by atoms with Crippen LogP contribution < -0.4 is 11.1 Å². The summed E-state index contributed by atoms with van der Waals surface area (Å²) in [5, 5.41) is 2.61. The number of hydrogen-bond acceptors (Lipinski definition) is 3. The van der Waals surface area contributed by atoms with Crippen LogP contribution in [-0.2, 0) is 16.0 Å². The van der Waals surface area contributed by atoms with E-state index in [0.29, 0.717) is 19.1 Å². The van der Waals surface area contributed by atoms with Crippen molar-refractivity contribution in [2.24, 2.45) is 5.73 Å². The van der Waals surface area contributed by atoms with E-state index in [1.54, 1.807) is 0 Å². The minimum Gasteiger partial charge on any atom is -0.354 e. The predicted molar refractivity (Wildman–Crippen MR) is 61.8 cm³/mol. The highest BCUT2D eigenvalue weighted by molar-refractivity contribution is 5.76. The Hall–Kier alpha value is -1.68. The van der Waals surface area contributed by atoms with Crippen molar-refractivity contribution in [1.29, 1.82) is 0 Å². The van der Waals surface area contributed by atoms with E-state index in [-0.39, 0.29) is 12.5 Å². The number of amides is 1. The number of rotatable bonds is 6. The number of carbonyl (C=O) groups excluding carboxylic acids is 2. The van der Waals surface area contributed by atoms with Crippen LogP contribution in [0.3, 0.4) is 0 Å². The smallest absolute Gasteiger partial charge is 0.220 e. The molecule has 4 nitrogen and oxygen atoms in total. The zero-order valence-electron chi connectivity index (χ0n) is 9.06. The van der Waals surface area contributed by atoms with Crippen molar-refractivity contribution in [3.05, 3.63) is 35.9 Å². The van der Waals surface area contributed by atoms with Gasteiger partial charge in [-0.25, -0.2) is 0 Å². The SMILES string of the molecule is NC(C=O)CNC(=O)CCc1ccccc1. The van der Waals surface area contributed by atoms with Crippen molar-refractivity contribution in [1.82, 2.24) is 5.32 Å². The number of benzene rings is 1. The Labute approximate surface area is 94.8 Å². The lowest BCUT2D eigenvalue weighted by molar-refractivity contribution is -0.121. The van der Waals surface area contributed by atoms with Crippen molar-refractivity contribution in [3.63, 3.8) is 0 Å². The van der Waals surface area contributed by atoms with Crippen LogP contribution in [0.1, 0.15) is 12.0 Å². The van der Waals surface area contributed by atoms with Gasteiger partial charge in [0.25, 0.3) is 0 Å². The van der Waals surface area contributed by atoms with Gasteiger partial charge in [-0.05, 0) is 12.0 Å². The number of nitrogens with two attached hydrogens (primary N) is 1. The molecule has 0 aliphatic rings. The fourth-order valence-corrected chi connectivity index (χ4v) is 1.27. The summed E-state index contributed by atoms with van der Waals surface area (Å²) in [6.07, 6.45) is 1.73. The van der Waals surface area contributed by atoms with Gasteiger partial charge in [-0.1, -0.05) is 30.3 Å². The lowest BCUT2D eigenvalue weighted by Crippen LogP contribution is -2.38. The number of hydrogen-bond donors (Lipinski definition) is 2. The third kappa shape index (κ3) is 4.70. The maximum atomic E-state index is 11.4. The third-order valence-corrected chi connectivity index (χ3v) is 2.19. The molecule has 4 heteroatoms. The van der Waals surface area contributed by atoms with Crippen molar-refractivity contribution in [2.45, 2.75) is 18.9 Å². The molecule has 1 aromatic carbocycles. The Morgan fingerprint density at radius 3 is 2.69 bits per heavy atom. The molecule has 1 aromatic rings. The van der Waals surface area contributed by atoms with E-state index in [0.717, 1.165) is 5.56 Å². The fourth-order valence-electron chi connectivity index (χ4n) is 1.27. The number of carbonyl (C=O) groups is 2. The summed E-state index contributed by atoms with van der Waals surface area (Å²) in [6.45, 7) is 0.205. The summed E-state index contributed by atoms with van der Waals surface area (Å²) in [5.74, 6) is -0.0823. The Kier molecular flexibility index (Phi) is 5.22. The van der Waals surface area contributed by atoms with Crippen LogP contribution in [0, 0.1) is 0 Å². The highest BCUT2D eigenvalue weighted by atomic mass is 16.1. The van der Waals surface area contributed by atoms with Crippen molar-refractivity contribution >= 4 is 12.2 Å². The molecule has 0 radical (unpaired) electrons. The fraction of sp³-hybridized carbons (Fsp3) is 0.333. The van der Waals surface area contributed by atoms with Crippen LogP contribution in [0.25, 0.3) is 0 Å². The summed E-state index contributed by atoms with van der Waals surface area (Å²) in [6, 6.07) is 9.16. The molecule has 0 aromatic heterocycles. The topological polar surface area (TPSA) is 72.2 Å². The van der Waals surface area contributed by atoms with Crippen LogP contribution >= 0.6 is 0 Å². The molecule has 0 saturated heterocycles. The average Bonchev–Trinajstić information content (AvgIpc) is 2.34. The standard InChI is InChI=1S/C12H16N2O2/c13-11(9-15)8-14-12(16)7-6-10-4-2-1-3-5-10/h1-5,9,11H,6-8,13H2,(H,14,16). The number of aryl methyl sites for hydroxylation is 1. The number of nitrogens with one attached hydrogen (secondary N) is 1. The second-order valence-electron chi connectivity index (χ2n) is 3.59. The van der Waals surface area contributed by atoms with Gasteiger partial charge in [0, 0.05) is 13.0 Å². The second kappa shape index (κ2) is 6.74. The Morgan fingerprint density at radius 1 is 1.38 bits per heavy atom. The third-order valence-electron chi connectivity index (χ3n) is 2.19. The van der Waals surface area contributed by atoms with Gasteiger partial charge in [-0.3, -0.25) is 4.79 Å². The van der Waals surface area contributed by atoms with Gasteiger partial charge in [0.15, 0.2) is 0 Å². The molecule has 1 unspecified atom stereocenters. The van der Waals surface area contributed by atoms with E-state index in [1.807, 2.05) is 30.3 Å². The summed E-state index contributed by atoms with van der Waals surface area (Å²) >= 11 is 0. The van der Waals surface area contributed by atoms with Crippen LogP contribution in [0.4, 0.5) is 0 Å². The molecular weight excluding hydrogens is 204 g/mol. The van der Waals surface area contributed by atoms with Gasteiger partial charge in [0.2, 0.25) is 5.91 Å². The van der Waals surface area contributed by atoms with Gasteiger partial charge in [-0.15, -0.1) is 0 Å². The molecule has 0 aliphatic carbocycles. The van der Waals surface area contributed by atoms with Crippen molar-refractivity contribution in [3.8, 4) is 0 Å². The number of aldehydes is 1. The minimum absolute atomic E-state index is 0.0823. The summed E-state index contributed by atoms with van der Waals surface area (Å²) < 4.78 is 0. The molecule has 1 atom stereocenters. The molecule has 1 rings (SSSR count). The molecule has 0 bridgehead atoms. The van der Waals surface area contributed by atoms with Crippen LogP contribution in [-0.4, -0.2) is 24.8 Å². The minimum atomic E-state index is -0.610. The molecule has 16 heavy (non-hydrogen) atoms. The molecule has 0 saturated carbocycles. The molecule has 0 fully saturated rings.